The highest BCUT2D eigenvalue weighted by molar-refractivity contribution is 6.31. The van der Waals surface area contributed by atoms with E-state index >= 15 is 0 Å². The van der Waals surface area contributed by atoms with Gasteiger partial charge in [-0.3, -0.25) is 14.9 Å². The number of carbonyl (C=O) groups is 1. The molecule has 1 aromatic heterocycles. The second kappa shape index (κ2) is 7.10. The molecule has 0 aliphatic rings. The monoisotopic (exact) mass is 357 g/mol. The Morgan fingerprint density at radius 1 is 1.24 bits per heavy atom. The molecule has 1 amide bonds. The number of nitro groups is 1. The molecule has 25 heavy (non-hydrogen) atoms. The van der Waals surface area contributed by atoms with Crippen LogP contribution in [-0.4, -0.2) is 25.6 Å². The quantitative estimate of drug-likeness (QED) is 0.558. The van der Waals surface area contributed by atoms with Gasteiger partial charge in [0.05, 0.1) is 10.6 Å². The van der Waals surface area contributed by atoms with Crippen LogP contribution in [0.25, 0.3) is 5.69 Å². The van der Waals surface area contributed by atoms with Crippen LogP contribution in [0.5, 0.6) is 0 Å². The highest BCUT2D eigenvalue weighted by atomic mass is 35.5. The first kappa shape index (κ1) is 16.6. The van der Waals surface area contributed by atoms with Crippen LogP contribution >= 0.6 is 11.6 Å². The van der Waals surface area contributed by atoms with Crippen molar-refractivity contribution in [3.05, 3.63) is 81.4 Å². The molecular weight excluding hydrogens is 346 g/mol. The van der Waals surface area contributed by atoms with E-state index in [1.54, 1.807) is 11.0 Å². The number of hydrogen-bond donors (Lipinski definition) is 1. The fraction of sp³-hybridized carbons (Fsp3) is 0.0625. The smallest absolute Gasteiger partial charge is 0.283 e. The maximum absolute atomic E-state index is 12.2. The maximum Gasteiger partial charge on any atom is 0.283 e. The van der Waals surface area contributed by atoms with Gasteiger partial charge in [-0.05, 0) is 29.8 Å². The number of hydrogen-bond acceptors (Lipinski definition) is 5. The number of aromatic nitrogens is 3. The summed E-state index contributed by atoms with van der Waals surface area (Å²) in [7, 11) is 0. The van der Waals surface area contributed by atoms with Crippen molar-refractivity contribution in [1.29, 1.82) is 0 Å². The van der Waals surface area contributed by atoms with Gasteiger partial charge in [0.15, 0.2) is 0 Å². The fourth-order valence-corrected chi connectivity index (χ4v) is 2.40. The van der Waals surface area contributed by atoms with Crippen LogP contribution in [0.1, 0.15) is 15.9 Å². The predicted molar refractivity (Wildman–Crippen MR) is 90.6 cm³/mol. The summed E-state index contributed by atoms with van der Waals surface area (Å²) >= 11 is 5.75. The van der Waals surface area contributed by atoms with E-state index in [4.69, 9.17) is 11.6 Å². The molecule has 0 spiro atoms. The van der Waals surface area contributed by atoms with Gasteiger partial charge in [-0.1, -0.05) is 23.7 Å². The van der Waals surface area contributed by atoms with Crippen molar-refractivity contribution >= 4 is 23.2 Å². The van der Waals surface area contributed by atoms with Gasteiger partial charge in [-0.15, -0.1) is 0 Å². The number of rotatable bonds is 5. The SMILES string of the molecule is O=C(NCc1ccc(-n2cncn2)cc1)c1ccc(Cl)cc1[N+](=O)[O-]. The molecule has 0 radical (unpaired) electrons. The molecule has 3 rings (SSSR count). The Kier molecular flexibility index (Phi) is 4.71. The zero-order valence-electron chi connectivity index (χ0n) is 12.8. The molecule has 0 aliphatic heterocycles. The maximum atomic E-state index is 12.2. The predicted octanol–water partition coefficient (Wildman–Crippen LogP) is 2.76. The molecule has 0 unspecified atom stereocenters. The van der Waals surface area contributed by atoms with Crippen LogP contribution in [0.4, 0.5) is 5.69 Å². The Morgan fingerprint density at radius 3 is 2.64 bits per heavy atom. The molecule has 126 valence electrons. The summed E-state index contributed by atoms with van der Waals surface area (Å²) in [6.45, 7) is 0.232. The first-order valence-electron chi connectivity index (χ1n) is 7.20. The number of nitro benzene ring substituents is 1. The van der Waals surface area contributed by atoms with Crippen molar-refractivity contribution in [2.24, 2.45) is 0 Å². The highest BCUT2D eigenvalue weighted by Gasteiger charge is 2.20. The Bertz CT molecular complexity index is 910. The van der Waals surface area contributed by atoms with Crippen LogP contribution in [0.3, 0.4) is 0 Å². The fourth-order valence-electron chi connectivity index (χ4n) is 2.23. The van der Waals surface area contributed by atoms with Crippen LogP contribution < -0.4 is 5.32 Å². The summed E-state index contributed by atoms with van der Waals surface area (Å²) in [6.07, 6.45) is 3.02. The third-order valence-corrected chi connectivity index (χ3v) is 3.71. The number of nitrogens with one attached hydrogen (secondary N) is 1. The highest BCUT2D eigenvalue weighted by Crippen LogP contribution is 2.23. The molecule has 0 atom stereocenters. The summed E-state index contributed by atoms with van der Waals surface area (Å²) in [5.41, 5.74) is 1.31. The zero-order valence-corrected chi connectivity index (χ0v) is 13.6. The van der Waals surface area contributed by atoms with Gasteiger partial charge in [0.25, 0.3) is 11.6 Å². The molecule has 2 aromatic carbocycles. The third-order valence-electron chi connectivity index (χ3n) is 3.47. The molecule has 3 aromatic rings. The van der Waals surface area contributed by atoms with E-state index in [-0.39, 0.29) is 22.8 Å². The Balaban J connectivity index is 1.69. The summed E-state index contributed by atoms with van der Waals surface area (Å²) in [6, 6.07) is 11.3. The first-order valence-corrected chi connectivity index (χ1v) is 7.58. The topological polar surface area (TPSA) is 103 Å². The van der Waals surface area contributed by atoms with Crippen molar-refractivity contribution in [1.82, 2.24) is 20.1 Å². The molecule has 9 heteroatoms. The number of nitrogens with zero attached hydrogens (tertiary/aromatic N) is 4. The Labute approximate surface area is 147 Å². The van der Waals surface area contributed by atoms with E-state index in [0.717, 1.165) is 17.3 Å². The molecule has 0 saturated carbocycles. The van der Waals surface area contributed by atoms with Crippen molar-refractivity contribution < 1.29 is 9.72 Å². The lowest BCUT2D eigenvalue weighted by Gasteiger charge is -2.07. The van der Waals surface area contributed by atoms with Crippen molar-refractivity contribution in [3.8, 4) is 5.69 Å². The summed E-state index contributed by atoms with van der Waals surface area (Å²) in [5.74, 6) is -0.538. The summed E-state index contributed by atoms with van der Waals surface area (Å²) < 4.78 is 1.61. The average Bonchev–Trinajstić information content (AvgIpc) is 3.14. The Hall–Kier alpha value is -3.26. The van der Waals surface area contributed by atoms with Crippen LogP contribution in [0, 0.1) is 10.1 Å². The van der Waals surface area contributed by atoms with Gasteiger partial charge in [0, 0.05) is 17.6 Å². The van der Waals surface area contributed by atoms with E-state index in [0.29, 0.717) is 0 Å². The van der Waals surface area contributed by atoms with Crippen LogP contribution in [0.15, 0.2) is 55.1 Å². The molecule has 0 fully saturated rings. The second-order valence-electron chi connectivity index (χ2n) is 5.11. The van der Waals surface area contributed by atoms with Crippen molar-refractivity contribution in [3.63, 3.8) is 0 Å². The lowest BCUT2D eigenvalue weighted by Crippen LogP contribution is -2.23. The second-order valence-corrected chi connectivity index (χ2v) is 5.54. The van der Waals surface area contributed by atoms with Crippen LogP contribution in [-0.2, 0) is 6.54 Å². The van der Waals surface area contributed by atoms with Crippen LogP contribution in [0.2, 0.25) is 5.02 Å². The van der Waals surface area contributed by atoms with Gasteiger partial charge in [-0.2, -0.15) is 5.10 Å². The molecule has 0 bridgehead atoms. The standard InChI is InChI=1S/C16H12ClN5O3/c17-12-3-6-14(15(7-12)22(24)25)16(23)19-8-11-1-4-13(5-2-11)21-10-18-9-20-21/h1-7,9-10H,8H2,(H,19,23). The molecule has 0 saturated heterocycles. The normalized spacial score (nSPS) is 10.4. The molecular formula is C16H12ClN5O3. The van der Waals surface area contributed by atoms with Gasteiger partial charge >= 0.3 is 0 Å². The number of amides is 1. The van der Waals surface area contributed by atoms with Gasteiger partial charge in [0.1, 0.15) is 18.2 Å². The average molecular weight is 358 g/mol. The van der Waals surface area contributed by atoms with E-state index in [1.807, 2.05) is 24.3 Å². The Morgan fingerprint density at radius 2 is 2.00 bits per heavy atom. The van der Waals surface area contributed by atoms with E-state index in [9.17, 15) is 14.9 Å². The summed E-state index contributed by atoms with van der Waals surface area (Å²) in [5, 5.41) is 17.9. The minimum absolute atomic E-state index is 0.0337. The largest absolute Gasteiger partial charge is 0.348 e. The number of benzene rings is 2. The van der Waals surface area contributed by atoms with Gasteiger partial charge in [0.2, 0.25) is 0 Å². The third kappa shape index (κ3) is 3.81. The summed E-state index contributed by atoms with van der Waals surface area (Å²) in [4.78, 5) is 26.5. The van der Waals surface area contributed by atoms with Crippen molar-refractivity contribution in [2.45, 2.75) is 6.54 Å². The van der Waals surface area contributed by atoms with E-state index in [2.05, 4.69) is 15.4 Å². The number of halogens is 1. The van der Waals surface area contributed by atoms with Gasteiger partial charge < -0.3 is 5.32 Å². The van der Waals surface area contributed by atoms with E-state index in [1.165, 1.54) is 18.5 Å². The molecule has 0 aliphatic carbocycles. The lowest BCUT2D eigenvalue weighted by molar-refractivity contribution is -0.385. The molecule has 1 heterocycles. The lowest BCUT2D eigenvalue weighted by atomic mass is 10.1. The first-order chi connectivity index (χ1) is 12.0. The number of carbonyl (C=O) groups excluding carboxylic acids is 1. The van der Waals surface area contributed by atoms with Crippen molar-refractivity contribution in [2.75, 3.05) is 0 Å². The minimum atomic E-state index is -0.631. The van der Waals surface area contributed by atoms with E-state index < -0.39 is 10.8 Å². The van der Waals surface area contributed by atoms with Gasteiger partial charge in [-0.25, -0.2) is 9.67 Å². The zero-order chi connectivity index (χ0) is 17.8. The molecule has 8 nitrogen and oxygen atoms in total. The minimum Gasteiger partial charge on any atom is -0.348 e. The molecule has 1 N–H and O–H groups in total.